The molecular formula is C14H15N3O. The van der Waals surface area contributed by atoms with Crippen molar-refractivity contribution in [3.05, 3.63) is 48.3 Å². The van der Waals surface area contributed by atoms with E-state index >= 15 is 0 Å². The number of hydrogen-bond acceptors (Lipinski definition) is 2. The van der Waals surface area contributed by atoms with Crippen LogP contribution in [0, 0.1) is 0 Å². The third-order valence-electron chi connectivity index (χ3n) is 3.27. The Morgan fingerprint density at radius 3 is 3.06 bits per heavy atom. The Labute approximate surface area is 105 Å². The van der Waals surface area contributed by atoms with Crippen molar-refractivity contribution in [2.45, 2.75) is 12.5 Å². The lowest BCUT2D eigenvalue weighted by atomic mass is 10.0. The van der Waals surface area contributed by atoms with E-state index in [-0.39, 0.29) is 11.9 Å². The number of carbonyl (C=O) groups is 1. The topological polar surface area (TPSA) is 56.9 Å². The molecule has 2 aromatic rings. The highest BCUT2D eigenvalue weighted by molar-refractivity contribution is 5.87. The molecule has 4 heteroatoms. The maximum atomic E-state index is 11.8. The van der Waals surface area contributed by atoms with Gasteiger partial charge in [-0.3, -0.25) is 4.79 Å². The van der Waals surface area contributed by atoms with Crippen LogP contribution in [0.3, 0.4) is 0 Å². The van der Waals surface area contributed by atoms with E-state index in [1.807, 2.05) is 24.4 Å². The SMILES string of the molecule is C=C1CNC(=O)[C@@H](Cc2c[nH]c3ccccc23)N1. The van der Waals surface area contributed by atoms with Gasteiger partial charge in [-0.05, 0) is 11.6 Å². The standard InChI is InChI=1S/C14H15N3O/c1-9-7-16-14(18)13(17-9)6-10-8-15-12-5-3-2-4-11(10)12/h2-5,8,13,15,17H,1,6-7H2,(H,16,18)/t13-/m1/s1. The lowest BCUT2D eigenvalue weighted by Crippen LogP contribution is -2.52. The highest BCUT2D eigenvalue weighted by atomic mass is 16.2. The van der Waals surface area contributed by atoms with Gasteiger partial charge in [-0.25, -0.2) is 0 Å². The quantitative estimate of drug-likeness (QED) is 0.742. The molecule has 3 N–H and O–H groups in total. The number of fused-ring (bicyclic) bond motifs is 1. The highest BCUT2D eigenvalue weighted by Crippen LogP contribution is 2.19. The second kappa shape index (κ2) is 4.22. The molecule has 1 aromatic heterocycles. The zero-order valence-corrected chi connectivity index (χ0v) is 9.99. The molecule has 1 aliphatic heterocycles. The van der Waals surface area contributed by atoms with Crippen LogP contribution in [0.1, 0.15) is 5.56 Å². The maximum absolute atomic E-state index is 11.8. The Morgan fingerprint density at radius 2 is 2.17 bits per heavy atom. The van der Waals surface area contributed by atoms with E-state index in [1.54, 1.807) is 0 Å². The summed E-state index contributed by atoms with van der Waals surface area (Å²) in [6.45, 7) is 4.37. The van der Waals surface area contributed by atoms with Gasteiger partial charge in [-0.15, -0.1) is 0 Å². The van der Waals surface area contributed by atoms with E-state index < -0.39 is 0 Å². The van der Waals surface area contributed by atoms with Crippen LogP contribution in [0.5, 0.6) is 0 Å². The number of H-pyrrole nitrogens is 1. The number of amides is 1. The first kappa shape index (κ1) is 10.9. The Morgan fingerprint density at radius 1 is 1.33 bits per heavy atom. The number of benzene rings is 1. The van der Waals surface area contributed by atoms with Gasteiger partial charge < -0.3 is 15.6 Å². The minimum Gasteiger partial charge on any atom is -0.376 e. The molecule has 0 aliphatic carbocycles. The average Bonchev–Trinajstić information content (AvgIpc) is 2.78. The van der Waals surface area contributed by atoms with Gasteiger partial charge in [0.05, 0.1) is 6.54 Å². The van der Waals surface area contributed by atoms with Crippen LogP contribution >= 0.6 is 0 Å². The molecule has 0 bridgehead atoms. The van der Waals surface area contributed by atoms with Crippen molar-refractivity contribution in [2.24, 2.45) is 0 Å². The summed E-state index contributed by atoms with van der Waals surface area (Å²) in [7, 11) is 0. The van der Waals surface area contributed by atoms with Gasteiger partial charge >= 0.3 is 0 Å². The van der Waals surface area contributed by atoms with E-state index in [4.69, 9.17) is 0 Å². The molecule has 1 fully saturated rings. The molecule has 0 saturated carbocycles. The summed E-state index contributed by atoms with van der Waals surface area (Å²) in [5.74, 6) is 0.0349. The molecule has 3 rings (SSSR count). The molecular weight excluding hydrogens is 226 g/mol. The Hall–Kier alpha value is -2.23. The molecule has 1 atom stereocenters. The zero-order chi connectivity index (χ0) is 12.5. The number of carbonyl (C=O) groups excluding carboxylic acids is 1. The Bertz CT molecular complexity index is 614. The summed E-state index contributed by atoms with van der Waals surface area (Å²) < 4.78 is 0. The molecule has 1 amide bonds. The van der Waals surface area contributed by atoms with Gasteiger partial charge in [0.25, 0.3) is 0 Å². The van der Waals surface area contributed by atoms with Crippen LogP contribution in [0.25, 0.3) is 10.9 Å². The number of nitrogens with one attached hydrogen (secondary N) is 3. The molecule has 92 valence electrons. The van der Waals surface area contributed by atoms with Crippen molar-refractivity contribution in [2.75, 3.05) is 6.54 Å². The average molecular weight is 241 g/mol. The monoisotopic (exact) mass is 241 g/mol. The summed E-state index contributed by atoms with van der Waals surface area (Å²) in [5.41, 5.74) is 3.11. The van der Waals surface area contributed by atoms with Crippen molar-refractivity contribution >= 4 is 16.8 Å². The second-order valence-corrected chi connectivity index (χ2v) is 4.58. The van der Waals surface area contributed by atoms with Crippen molar-refractivity contribution in [3.63, 3.8) is 0 Å². The molecule has 4 nitrogen and oxygen atoms in total. The zero-order valence-electron chi connectivity index (χ0n) is 9.99. The second-order valence-electron chi connectivity index (χ2n) is 4.58. The van der Waals surface area contributed by atoms with E-state index in [0.29, 0.717) is 13.0 Å². The van der Waals surface area contributed by atoms with Gasteiger partial charge in [-0.1, -0.05) is 24.8 Å². The van der Waals surface area contributed by atoms with Crippen LogP contribution in [-0.4, -0.2) is 23.5 Å². The minimum atomic E-state index is -0.231. The molecule has 1 aliphatic rings. The Kier molecular flexibility index (Phi) is 2.55. The summed E-state index contributed by atoms with van der Waals surface area (Å²) in [5, 5.41) is 7.15. The van der Waals surface area contributed by atoms with E-state index in [9.17, 15) is 4.79 Å². The third kappa shape index (κ3) is 1.86. The van der Waals surface area contributed by atoms with Crippen LogP contribution in [0.2, 0.25) is 0 Å². The number of aromatic amines is 1. The highest BCUT2D eigenvalue weighted by Gasteiger charge is 2.24. The van der Waals surface area contributed by atoms with Gasteiger partial charge in [0, 0.05) is 29.2 Å². The fourth-order valence-electron chi connectivity index (χ4n) is 2.34. The predicted molar refractivity (Wildman–Crippen MR) is 71.1 cm³/mol. The van der Waals surface area contributed by atoms with Crippen LogP contribution in [0.15, 0.2) is 42.7 Å². The van der Waals surface area contributed by atoms with Crippen LogP contribution < -0.4 is 10.6 Å². The van der Waals surface area contributed by atoms with E-state index in [0.717, 1.165) is 16.8 Å². The van der Waals surface area contributed by atoms with Crippen molar-refractivity contribution in [1.29, 1.82) is 0 Å². The summed E-state index contributed by atoms with van der Waals surface area (Å²) >= 11 is 0. The molecule has 18 heavy (non-hydrogen) atoms. The molecule has 0 unspecified atom stereocenters. The van der Waals surface area contributed by atoms with E-state index in [1.165, 1.54) is 5.39 Å². The van der Waals surface area contributed by atoms with Crippen molar-refractivity contribution < 1.29 is 4.79 Å². The largest absolute Gasteiger partial charge is 0.376 e. The van der Waals surface area contributed by atoms with Gasteiger partial charge in [-0.2, -0.15) is 0 Å². The first-order valence-corrected chi connectivity index (χ1v) is 6.01. The number of aromatic nitrogens is 1. The van der Waals surface area contributed by atoms with Gasteiger partial charge in [0.2, 0.25) is 5.91 Å². The lowest BCUT2D eigenvalue weighted by Gasteiger charge is -2.26. The third-order valence-corrected chi connectivity index (χ3v) is 3.27. The maximum Gasteiger partial charge on any atom is 0.243 e. The number of para-hydroxylation sites is 1. The fourth-order valence-corrected chi connectivity index (χ4v) is 2.34. The van der Waals surface area contributed by atoms with Crippen molar-refractivity contribution in [3.8, 4) is 0 Å². The predicted octanol–water partition coefficient (Wildman–Crippen LogP) is 1.31. The minimum absolute atomic E-state index is 0.0349. The Balaban J connectivity index is 1.87. The van der Waals surface area contributed by atoms with E-state index in [2.05, 4.69) is 28.3 Å². The molecule has 0 radical (unpaired) electrons. The normalized spacial score (nSPS) is 19.7. The molecule has 2 heterocycles. The van der Waals surface area contributed by atoms with Crippen LogP contribution in [0.4, 0.5) is 0 Å². The van der Waals surface area contributed by atoms with Gasteiger partial charge in [0.1, 0.15) is 6.04 Å². The van der Waals surface area contributed by atoms with Crippen molar-refractivity contribution in [1.82, 2.24) is 15.6 Å². The first-order chi connectivity index (χ1) is 8.74. The first-order valence-electron chi connectivity index (χ1n) is 6.01. The molecule has 0 spiro atoms. The number of rotatable bonds is 2. The summed E-state index contributed by atoms with van der Waals surface area (Å²) in [4.78, 5) is 15.0. The molecule has 1 saturated heterocycles. The summed E-state index contributed by atoms with van der Waals surface area (Å²) in [6, 6.07) is 7.87. The smallest absolute Gasteiger partial charge is 0.243 e. The fraction of sp³-hybridized carbons (Fsp3) is 0.214. The number of hydrogen-bond donors (Lipinski definition) is 3. The summed E-state index contributed by atoms with van der Waals surface area (Å²) in [6.07, 6.45) is 2.63. The lowest BCUT2D eigenvalue weighted by molar-refractivity contribution is -0.123. The van der Waals surface area contributed by atoms with Gasteiger partial charge in [0.15, 0.2) is 0 Å². The number of piperazine rings is 1. The van der Waals surface area contributed by atoms with Crippen LogP contribution in [-0.2, 0) is 11.2 Å². The molecule has 1 aromatic carbocycles.